The van der Waals surface area contributed by atoms with Crippen LogP contribution in [0.25, 0.3) is 0 Å². The van der Waals surface area contributed by atoms with E-state index in [1.54, 1.807) is 0 Å². The Morgan fingerprint density at radius 1 is 0.346 bits per heavy atom. The Labute approximate surface area is 492 Å². The van der Waals surface area contributed by atoms with Crippen molar-refractivity contribution in [1.29, 1.82) is 0 Å². The van der Waals surface area contributed by atoms with E-state index < -0.39 is 97.5 Å². The Kier molecular flexibility index (Phi) is 54.6. The number of aliphatic hydroxyl groups excluding tert-OH is 1. The lowest BCUT2D eigenvalue weighted by atomic mass is 9.99. The maximum absolute atomic E-state index is 13.0. The molecule has 0 bridgehead atoms. The van der Waals surface area contributed by atoms with Crippen LogP contribution in [-0.2, 0) is 65.4 Å². The molecule has 0 aromatic carbocycles. The number of aliphatic hydroxyl groups is 1. The topological polar surface area (TPSA) is 237 Å². The number of unbranched alkanes of at least 4 members (excludes halogenated alkanes) is 33. The lowest BCUT2D eigenvalue weighted by molar-refractivity contribution is -0.161. The van der Waals surface area contributed by atoms with E-state index in [0.29, 0.717) is 25.7 Å². The molecule has 0 heterocycles. The molecule has 480 valence electrons. The summed E-state index contributed by atoms with van der Waals surface area (Å²) in [6.07, 6.45) is 39.1. The van der Waals surface area contributed by atoms with Crippen molar-refractivity contribution in [3.63, 3.8) is 0 Å². The summed E-state index contributed by atoms with van der Waals surface area (Å²) in [5, 5.41) is 10.5. The largest absolute Gasteiger partial charge is 0.472 e. The number of carbonyl (C=O) groups excluding carboxylic acids is 4. The van der Waals surface area contributed by atoms with Crippen molar-refractivity contribution in [2.24, 2.45) is 5.92 Å². The summed E-state index contributed by atoms with van der Waals surface area (Å²) >= 11 is 0. The van der Waals surface area contributed by atoms with Crippen LogP contribution in [0.1, 0.15) is 311 Å². The molecule has 19 heteroatoms. The van der Waals surface area contributed by atoms with Gasteiger partial charge in [0, 0.05) is 25.7 Å². The molecule has 0 saturated heterocycles. The van der Waals surface area contributed by atoms with E-state index in [-0.39, 0.29) is 25.7 Å². The summed E-state index contributed by atoms with van der Waals surface area (Å²) in [6, 6.07) is 0. The van der Waals surface area contributed by atoms with E-state index >= 15 is 0 Å². The molecule has 0 spiro atoms. The molecule has 3 N–H and O–H groups in total. The van der Waals surface area contributed by atoms with Crippen molar-refractivity contribution in [1.82, 2.24) is 0 Å². The van der Waals surface area contributed by atoms with Crippen LogP contribution in [0.5, 0.6) is 0 Å². The summed E-state index contributed by atoms with van der Waals surface area (Å²) in [7, 11) is -9.87. The van der Waals surface area contributed by atoms with Crippen LogP contribution in [0, 0.1) is 5.92 Å². The number of hydrogen-bond donors (Lipinski definition) is 3. The van der Waals surface area contributed by atoms with Gasteiger partial charge in [0.05, 0.1) is 26.4 Å². The van der Waals surface area contributed by atoms with Gasteiger partial charge in [-0.15, -0.1) is 0 Å². The van der Waals surface area contributed by atoms with Crippen LogP contribution in [0.15, 0.2) is 0 Å². The normalized spacial score (nSPS) is 14.6. The van der Waals surface area contributed by atoms with Crippen molar-refractivity contribution < 1.29 is 80.2 Å². The van der Waals surface area contributed by atoms with Crippen molar-refractivity contribution in [2.75, 3.05) is 39.6 Å². The molecule has 0 aliphatic heterocycles. The Balaban J connectivity index is 5.19. The van der Waals surface area contributed by atoms with Gasteiger partial charge in [-0.05, 0) is 31.6 Å². The van der Waals surface area contributed by atoms with Crippen molar-refractivity contribution in [3.05, 3.63) is 0 Å². The highest BCUT2D eigenvalue weighted by molar-refractivity contribution is 7.47. The van der Waals surface area contributed by atoms with Gasteiger partial charge in [0.25, 0.3) is 0 Å². The predicted molar refractivity (Wildman–Crippen MR) is 322 cm³/mol. The van der Waals surface area contributed by atoms with Gasteiger partial charge in [-0.1, -0.05) is 259 Å². The first-order valence-electron chi connectivity index (χ1n) is 32.7. The maximum Gasteiger partial charge on any atom is 0.472 e. The fourth-order valence-electron chi connectivity index (χ4n) is 9.20. The third kappa shape index (κ3) is 55.7. The molecule has 0 saturated carbocycles. The van der Waals surface area contributed by atoms with Crippen LogP contribution >= 0.6 is 15.6 Å². The average Bonchev–Trinajstić information content (AvgIpc) is 3.44. The van der Waals surface area contributed by atoms with Crippen LogP contribution < -0.4 is 0 Å². The smallest absolute Gasteiger partial charge is 0.462 e. The Bertz CT molecular complexity index is 1590. The fraction of sp³-hybridized carbons (Fsp3) is 0.935. The number of phosphoric ester groups is 2. The molecule has 0 rings (SSSR count). The second-order valence-corrected chi connectivity index (χ2v) is 25.6. The Morgan fingerprint density at radius 2 is 0.593 bits per heavy atom. The van der Waals surface area contributed by atoms with E-state index in [2.05, 4.69) is 34.6 Å². The SMILES string of the molecule is CCCCCCCCCCCCCCCC(=O)O[C@H](COC(=O)CCCCCCCCCCC(C)CC)COP(=O)(O)OC[C@@H](O)COP(=O)(O)OC[C@@H](COC(=O)CCCCCCC)OC(=O)CCCCCCCCCCCCC. The third-order valence-corrected chi connectivity index (χ3v) is 16.5. The highest BCUT2D eigenvalue weighted by Gasteiger charge is 2.30. The zero-order valence-electron chi connectivity index (χ0n) is 51.9. The van der Waals surface area contributed by atoms with Gasteiger partial charge in [0.2, 0.25) is 0 Å². The molecule has 3 unspecified atom stereocenters. The molecule has 0 aliphatic carbocycles. The number of carbonyl (C=O) groups is 4. The van der Waals surface area contributed by atoms with Crippen LogP contribution in [0.3, 0.4) is 0 Å². The minimum absolute atomic E-state index is 0.106. The minimum Gasteiger partial charge on any atom is -0.462 e. The maximum atomic E-state index is 13.0. The van der Waals surface area contributed by atoms with Gasteiger partial charge in [-0.2, -0.15) is 0 Å². The quantitative estimate of drug-likeness (QED) is 0.0222. The van der Waals surface area contributed by atoms with Gasteiger partial charge in [0.1, 0.15) is 19.3 Å². The monoisotopic (exact) mass is 1200 g/mol. The van der Waals surface area contributed by atoms with Gasteiger partial charge < -0.3 is 33.8 Å². The molecular formula is C62H120O17P2. The predicted octanol–water partition coefficient (Wildman–Crippen LogP) is 17.0. The molecular weight excluding hydrogens is 1080 g/mol. The molecule has 0 fully saturated rings. The summed E-state index contributed by atoms with van der Waals surface area (Å²) in [4.78, 5) is 71.9. The molecule has 0 aliphatic rings. The summed E-state index contributed by atoms with van der Waals surface area (Å²) < 4.78 is 67.7. The lowest BCUT2D eigenvalue weighted by Crippen LogP contribution is -2.30. The van der Waals surface area contributed by atoms with Crippen molar-refractivity contribution >= 4 is 39.5 Å². The van der Waals surface area contributed by atoms with E-state index in [9.17, 15) is 43.2 Å². The highest BCUT2D eigenvalue weighted by Crippen LogP contribution is 2.45. The minimum atomic E-state index is -4.94. The first kappa shape index (κ1) is 79.1. The number of rotatable bonds is 62. The number of esters is 4. The number of hydrogen-bond acceptors (Lipinski definition) is 15. The van der Waals surface area contributed by atoms with Gasteiger partial charge in [-0.3, -0.25) is 37.3 Å². The highest BCUT2D eigenvalue weighted by atomic mass is 31.2. The Morgan fingerprint density at radius 3 is 0.877 bits per heavy atom. The first-order chi connectivity index (χ1) is 39.1. The zero-order valence-corrected chi connectivity index (χ0v) is 53.7. The van der Waals surface area contributed by atoms with Gasteiger partial charge in [0.15, 0.2) is 12.2 Å². The second kappa shape index (κ2) is 55.9. The van der Waals surface area contributed by atoms with Crippen LogP contribution in [-0.4, -0.2) is 96.7 Å². The summed E-state index contributed by atoms with van der Waals surface area (Å²) in [5.41, 5.74) is 0. The standard InChI is InChI=1S/C62H120O17P2/c1-6-10-13-16-18-20-22-23-25-27-33-38-43-48-62(67)79-58(52-73-60(65)46-41-36-31-29-28-30-35-39-44-55(5)9-4)54-77-81(70,71)75-50-56(63)49-74-80(68,69)76-53-57(51-72-59(64)45-40-34-15-12-8-3)78-61(66)47-42-37-32-26-24-21-19-17-14-11-7-2/h55-58,63H,6-54H2,1-5H3,(H,68,69)(H,70,71)/t55?,56-,57+,58+/m0/s1. The molecule has 17 nitrogen and oxygen atoms in total. The van der Waals surface area contributed by atoms with Gasteiger partial charge >= 0.3 is 39.5 Å². The van der Waals surface area contributed by atoms with Crippen molar-refractivity contribution in [3.8, 4) is 0 Å². The van der Waals surface area contributed by atoms with E-state index in [1.807, 2.05) is 0 Å². The molecule has 0 aromatic rings. The van der Waals surface area contributed by atoms with Crippen molar-refractivity contribution in [2.45, 2.75) is 329 Å². The number of phosphoric acid groups is 2. The molecule has 81 heavy (non-hydrogen) atoms. The molecule has 6 atom stereocenters. The molecule has 0 radical (unpaired) electrons. The molecule has 0 aromatic heterocycles. The summed E-state index contributed by atoms with van der Waals surface area (Å²) in [5.74, 6) is -1.37. The zero-order chi connectivity index (χ0) is 59.9. The number of ether oxygens (including phenoxy) is 4. The second-order valence-electron chi connectivity index (χ2n) is 22.7. The van der Waals surface area contributed by atoms with Crippen LogP contribution in [0.4, 0.5) is 0 Å². The first-order valence-corrected chi connectivity index (χ1v) is 35.7. The fourth-order valence-corrected chi connectivity index (χ4v) is 10.8. The van der Waals surface area contributed by atoms with Gasteiger partial charge in [-0.25, -0.2) is 9.13 Å². The average molecular weight is 1200 g/mol. The van der Waals surface area contributed by atoms with E-state index in [1.165, 1.54) is 128 Å². The lowest BCUT2D eigenvalue weighted by Gasteiger charge is -2.21. The summed E-state index contributed by atoms with van der Waals surface area (Å²) in [6.45, 7) is 7.10. The Hall–Kier alpha value is -1.94. The third-order valence-electron chi connectivity index (χ3n) is 14.6. The van der Waals surface area contributed by atoms with Crippen LogP contribution in [0.2, 0.25) is 0 Å². The molecule has 0 amide bonds. The van der Waals surface area contributed by atoms with E-state index in [4.69, 9.17) is 37.0 Å². The van der Waals surface area contributed by atoms with E-state index in [0.717, 1.165) is 102 Å².